The van der Waals surface area contributed by atoms with Crippen molar-refractivity contribution in [3.8, 4) is 0 Å². The molecule has 0 aliphatic heterocycles. The van der Waals surface area contributed by atoms with Crippen LogP contribution < -0.4 is 44.2 Å². The first-order valence-corrected chi connectivity index (χ1v) is 8.96. The van der Waals surface area contributed by atoms with Crippen LogP contribution in [0, 0.1) is 0 Å². The van der Waals surface area contributed by atoms with E-state index in [9.17, 15) is 0 Å². The molecule has 12 N–H and O–H groups in total. The lowest BCUT2D eigenvalue weighted by Crippen LogP contribution is -2.29. The van der Waals surface area contributed by atoms with E-state index < -0.39 is 0 Å². The first kappa shape index (κ1) is 24.9. The lowest BCUT2D eigenvalue weighted by atomic mass is 10.4. The molecule has 0 aliphatic carbocycles. The third-order valence-corrected chi connectivity index (χ3v) is 2.94. The van der Waals surface area contributed by atoms with Gasteiger partial charge in [-0.05, 0) is 58.5 Å². The fourth-order valence-corrected chi connectivity index (χ4v) is 1.67. The summed E-state index contributed by atoms with van der Waals surface area (Å²) in [6, 6.07) is 0. The molecule has 0 amide bonds. The third kappa shape index (κ3) is 30.2. The molecule has 0 saturated heterocycles. The van der Waals surface area contributed by atoms with Gasteiger partial charge in [0.05, 0.1) is 0 Å². The van der Waals surface area contributed by atoms with Crippen molar-refractivity contribution in [3.05, 3.63) is 0 Å². The largest absolute Gasteiger partial charge is 0.330 e. The van der Waals surface area contributed by atoms with Crippen LogP contribution in [0.4, 0.5) is 0 Å². The topological polar surface area (TPSA) is 152 Å². The number of hydrogen-bond donors (Lipinski definition) is 8. The van der Waals surface area contributed by atoms with Gasteiger partial charge in [-0.2, -0.15) is 0 Å². The van der Waals surface area contributed by atoms with Gasteiger partial charge in [-0.3, -0.25) is 0 Å². The van der Waals surface area contributed by atoms with E-state index in [1.165, 1.54) is 0 Å². The Morgan fingerprint density at radius 1 is 0.348 bits per heavy atom. The highest BCUT2D eigenvalue weighted by molar-refractivity contribution is 4.53. The van der Waals surface area contributed by atoms with Crippen LogP contribution in [0.3, 0.4) is 0 Å². The van der Waals surface area contributed by atoms with E-state index in [0.29, 0.717) is 0 Å². The second kappa shape index (κ2) is 26.6. The van der Waals surface area contributed by atoms with Crippen molar-refractivity contribution in [3.63, 3.8) is 0 Å². The van der Waals surface area contributed by atoms with Gasteiger partial charge in [-0.1, -0.05) is 0 Å². The molecular formula is C15H42N8. The molecule has 0 rings (SSSR count). The van der Waals surface area contributed by atoms with Crippen molar-refractivity contribution in [1.82, 2.24) is 21.3 Å². The van der Waals surface area contributed by atoms with Gasteiger partial charge in [-0.25, -0.2) is 0 Å². The van der Waals surface area contributed by atoms with Gasteiger partial charge in [0, 0.05) is 39.3 Å². The van der Waals surface area contributed by atoms with Crippen molar-refractivity contribution in [2.75, 3.05) is 78.5 Å². The van der Waals surface area contributed by atoms with Gasteiger partial charge in [0.25, 0.3) is 0 Å². The zero-order valence-electron chi connectivity index (χ0n) is 14.9. The fraction of sp³-hybridized carbons (Fsp3) is 1.00. The van der Waals surface area contributed by atoms with Gasteiger partial charge < -0.3 is 44.2 Å². The lowest BCUT2D eigenvalue weighted by molar-refractivity contribution is 0.590. The molecular weight excluding hydrogens is 292 g/mol. The van der Waals surface area contributed by atoms with E-state index in [-0.39, 0.29) is 0 Å². The molecule has 0 aromatic heterocycles. The molecule has 0 atom stereocenters. The van der Waals surface area contributed by atoms with Crippen LogP contribution >= 0.6 is 0 Å². The molecule has 8 heteroatoms. The molecule has 142 valence electrons. The van der Waals surface area contributed by atoms with Crippen molar-refractivity contribution >= 4 is 0 Å². The zero-order valence-corrected chi connectivity index (χ0v) is 14.9. The molecule has 0 spiro atoms. The summed E-state index contributed by atoms with van der Waals surface area (Å²) >= 11 is 0. The Labute approximate surface area is 142 Å². The quantitative estimate of drug-likeness (QED) is 0.134. The van der Waals surface area contributed by atoms with Crippen LogP contribution in [-0.4, -0.2) is 78.5 Å². The van der Waals surface area contributed by atoms with E-state index in [1.807, 2.05) is 0 Å². The summed E-state index contributed by atoms with van der Waals surface area (Å²) in [4.78, 5) is 0. The average Bonchev–Trinajstić information content (AvgIpc) is 2.57. The van der Waals surface area contributed by atoms with Crippen LogP contribution in [0.2, 0.25) is 0 Å². The Morgan fingerprint density at radius 3 is 1.04 bits per heavy atom. The minimum Gasteiger partial charge on any atom is -0.330 e. The first-order chi connectivity index (χ1) is 11.3. The van der Waals surface area contributed by atoms with E-state index in [0.717, 1.165) is 97.8 Å². The molecule has 0 saturated carbocycles. The minimum atomic E-state index is 0.718. The predicted octanol–water partition coefficient (Wildman–Crippen LogP) is -2.66. The summed E-state index contributed by atoms with van der Waals surface area (Å²) in [7, 11) is 0. The van der Waals surface area contributed by atoms with E-state index in [2.05, 4.69) is 21.3 Å². The standard InChI is InChI=1S/C8H22N4.C7H20N4/c9-3-1-5-11-7-8-12-6-2-4-10;8-2-6-10-4-1-5-11-7-3-9/h11-12H,1-10H2;10-11H,1-9H2. The minimum absolute atomic E-state index is 0.718. The van der Waals surface area contributed by atoms with Crippen molar-refractivity contribution < 1.29 is 0 Å². The molecule has 8 nitrogen and oxygen atoms in total. The first-order valence-electron chi connectivity index (χ1n) is 8.96. The van der Waals surface area contributed by atoms with E-state index in [4.69, 9.17) is 22.9 Å². The Bertz CT molecular complexity index is 165. The van der Waals surface area contributed by atoms with Crippen molar-refractivity contribution in [2.45, 2.75) is 19.3 Å². The second-order valence-electron chi connectivity index (χ2n) is 5.22. The summed E-state index contributed by atoms with van der Waals surface area (Å²) in [5.74, 6) is 0. The van der Waals surface area contributed by atoms with Crippen molar-refractivity contribution in [1.29, 1.82) is 0 Å². The lowest BCUT2D eigenvalue weighted by Gasteiger charge is -2.04. The van der Waals surface area contributed by atoms with Gasteiger partial charge in [0.15, 0.2) is 0 Å². The molecule has 0 aromatic rings. The van der Waals surface area contributed by atoms with Crippen LogP contribution in [0.5, 0.6) is 0 Å². The molecule has 0 bridgehead atoms. The van der Waals surface area contributed by atoms with Crippen LogP contribution in [0.1, 0.15) is 19.3 Å². The van der Waals surface area contributed by atoms with Gasteiger partial charge in [0.2, 0.25) is 0 Å². The summed E-state index contributed by atoms with van der Waals surface area (Å²) in [6.07, 6.45) is 3.26. The summed E-state index contributed by atoms with van der Waals surface area (Å²) in [6.45, 7) is 11.0. The number of nitrogens with one attached hydrogen (secondary N) is 4. The Morgan fingerprint density at radius 2 is 0.696 bits per heavy atom. The Kier molecular flexibility index (Phi) is 28.8. The maximum absolute atomic E-state index is 5.34. The maximum Gasteiger partial charge on any atom is 0.00767 e. The van der Waals surface area contributed by atoms with Gasteiger partial charge >= 0.3 is 0 Å². The van der Waals surface area contributed by atoms with Crippen molar-refractivity contribution in [2.24, 2.45) is 22.9 Å². The van der Waals surface area contributed by atoms with Crippen LogP contribution in [-0.2, 0) is 0 Å². The molecule has 0 heterocycles. The number of nitrogens with two attached hydrogens (primary N) is 4. The molecule has 0 aliphatic rings. The summed E-state index contributed by atoms with van der Waals surface area (Å²) in [5, 5.41) is 13.0. The van der Waals surface area contributed by atoms with E-state index in [1.54, 1.807) is 0 Å². The maximum atomic E-state index is 5.34. The Balaban J connectivity index is 0. The Hall–Kier alpha value is -0.320. The van der Waals surface area contributed by atoms with E-state index >= 15 is 0 Å². The normalized spacial score (nSPS) is 10.4. The monoisotopic (exact) mass is 334 g/mol. The molecule has 0 fully saturated rings. The fourth-order valence-electron chi connectivity index (χ4n) is 1.67. The van der Waals surface area contributed by atoms with Crippen LogP contribution in [0.15, 0.2) is 0 Å². The highest BCUT2D eigenvalue weighted by Gasteiger charge is 1.87. The SMILES string of the molecule is NCCCNCCNCCCN.NCCNCCCNCCN. The summed E-state index contributed by atoms with van der Waals surface area (Å²) < 4.78 is 0. The van der Waals surface area contributed by atoms with Gasteiger partial charge in [0.1, 0.15) is 0 Å². The molecule has 0 aromatic carbocycles. The molecule has 0 unspecified atom stereocenters. The average molecular weight is 335 g/mol. The summed E-state index contributed by atoms with van der Waals surface area (Å²) in [5.41, 5.74) is 21.3. The number of rotatable bonds is 17. The predicted molar refractivity (Wildman–Crippen MR) is 102 cm³/mol. The zero-order chi connectivity index (χ0) is 17.4. The number of hydrogen-bond acceptors (Lipinski definition) is 8. The smallest absolute Gasteiger partial charge is 0.00767 e. The molecule has 0 radical (unpaired) electrons. The highest BCUT2D eigenvalue weighted by Crippen LogP contribution is 1.71. The second-order valence-corrected chi connectivity index (χ2v) is 5.22. The molecule has 23 heavy (non-hydrogen) atoms. The third-order valence-electron chi connectivity index (χ3n) is 2.94. The highest BCUT2D eigenvalue weighted by atomic mass is 14.9. The van der Waals surface area contributed by atoms with Gasteiger partial charge in [-0.15, -0.1) is 0 Å². The van der Waals surface area contributed by atoms with Crippen LogP contribution in [0.25, 0.3) is 0 Å².